The number of aliphatic hydroxyl groups is 1. The maximum Gasteiger partial charge on any atom is 0.161 e. The molecule has 2 heterocycles. The minimum Gasteiger partial charge on any atom is -0.486 e. The Labute approximate surface area is 156 Å². The van der Waals surface area contributed by atoms with Crippen LogP contribution in [0, 0.1) is 5.92 Å². The molecule has 1 fully saturated rings. The predicted octanol–water partition coefficient (Wildman–Crippen LogP) is 2.36. The molecule has 3 rings (SSSR count). The van der Waals surface area contributed by atoms with Gasteiger partial charge in [0.1, 0.15) is 19.3 Å². The highest BCUT2D eigenvalue weighted by molar-refractivity contribution is 5.82. The summed E-state index contributed by atoms with van der Waals surface area (Å²) in [4.78, 5) is 7.09. The first-order valence-corrected chi connectivity index (χ1v) is 9.71. The number of benzene rings is 1. The molecule has 6 heteroatoms. The molecule has 144 valence electrons. The fourth-order valence-electron chi connectivity index (χ4n) is 3.43. The van der Waals surface area contributed by atoms with Crippen molar-refractivity contribution >= 4 is 5.84 Å². The molecule has 1 aromatic rings. The van der Waals surface area contributed by atoms with Gasteiger partial charge in [-0.3, -0.25) is 4.99 Å². The summed E-state index contributed by atoms with van der Waals surface area (Å²) in [5.74, 6) is 2.24. The number of aliphatic imine (C=N–C) groups is 1. The topological polar surface area (TPSA) is 80.3 Å². The number of nitrogens with two attached hydrogens (primary N) is 1. The first kappa shape index (κ1) is 19.0. The second-order valence-corrected chi connectivity index (χ2v) is 7.29. The van der Waals surface area contributed by atoms with E-state index in [2.05, 4.69) is 18.7 Å². The van der Waals surface area contributed by atoms with Crippen molar-refractivity contribution in [2.24, 2.45) is 16.6 Å². The molecule has 0 saturated carbocycles. The maximum atomic E-state index is 11.1. The molecule has 3 unspecified atom stereocenters. The average Bonchev–Trinajstić information content (AvgIpc) is 3.18. The standard InChI is InChI=1S/C20H31N3O3/c1-3-14(2)20(21)22-16(13-23-8-4-5-9-23)19(24)15-6-7-17-18(12-15)26-11-10-25-17/h6-7,12,14,16,19,24H,3-5,8-11,13H2,1-2H3,(H2,21,22). The third-order valence-electron chi connectivity index (χ3n) is 5.35. The molecule has 1 aromatic carbocycles. The molecule has 2 aliphatic heterocycles. The van der Waals surface area contributed by atoms with Crippen molar-refractivity contribution in [3.63, 3.8) is 0 Å². The van der Waals surface area contributed by atoms with E-state index in [4.69, 9.17) is 20.2 Å². The van der Waals surface area contributed by atoms with E-state index in [-0.39, 0.29) is 12.0 Å². The van der Waals surface area contributed by atoms with Crippen LogP contribution in [0.2, 0.25) is 0 Å². The highest BCUT2D eigenvalue weighted by Crippen LogP contribution is 2.34. The fraction of sp³-hybridized carbons (Fsp3) is 0.650. The summed E-state index contributed by atoms with van der Waals surface area (Å²) in [6.45, 7) is 8.09. The molecule has 3 N–H and O–H groups in total. The minimum atomic E-state index is -0.728. The number of amidine groups is 1. The van der Waals surface area contributed by atoms with Crippen LogP contribution in [-0.2, 0) is 0 Å². The van der Waals surface area contributed by atoms with Gasteiger partial charge in [-0.2, -0.15) is 0 Å². The zero-order chi connectivity index (χ0) is 18.5. The molecule has 6 nitrogen and oxygen atoms in total. The summed E-state index contributed by atoms with van der Waals surface area (Å²) in [5.41, 5.74) is 7.00. The number of ether oxygens (including phenoxy) is 2. The van der Waals surface area contributed by atoms with Gasteiger partial charge in [0, 0.05) is 12.5 Å². The molecule has 0 aromatic heterocycles. The summed E-state index contributed by atoms with van der Waals surface area (Å²) in [6.07, 6.45) is 2.62. The Morgan fingerprint density at radius 3 is 2.62 bits per heavy atom. The summed E-state index contributed by atoms with van der Waals surface area (Å²) < 4.78 is 11.2. The predicted molar refractivity (Wildman–Crippen MR) is 103 cm³/mol. The normalized spacial score (nSPS) is 21.4. The first-order chi connectivity index (χ1) is 12.6. The molecule has 26 heavy (non-hydrogen) atoms. The molecular formula is C20H31N3O3. The lowest BCUT2D eigenvalue weighted by molar-refractivity contribution is 0.124. The molecule has 0 radical (unpaired) electrons. The lowest BCUT2D eigenvalue weighted by atomic mass is 10.0. The number of rotatable bonds is 7. The van der Waals surface area contributed by atoms with Crippen LogP contribution in [0.4, 0.5) is 0 Å². The molecule has 2 aliphatic rings. The van der Waals surface area contributed by atoms with Gasteiger partial charge in [0.15, 0.2) is 11.5 Å². The number of fused-ring (bicyclic) bond motifs is 1. The van der Waals surface area contributed by atoms with Crippen LogP contribution < -0.4 is 15.2 Å². The van der Waals surface area contributed by atoms with Gasteiger partial charge < -0.3 is 25.2 Å². The zero-order valence-corrected chi connectivity index (χ0v) is 15.9. The molecule has 0 bridgehead atoms. The van der Waals surface area contributed by atoms with Gasteiger partial charge in [-0.25, -0.2) is 0 Å². The summed E-state index contributed by atoms with van der Waals surface area (Å²) in [6, 6.07) is 5.33. The summed E-state index contributed by atoms with van der Waals surface area (Å²) in [7, 11) is 0. The van der Waals surface area contributed by atoms with E-state index in [1.54, 1.807) is 0 Å². The molecule has 1 saturated heterocycles. The SMILES string of the molecule is CCC(C)C(N)=NC(CN1CCCC1)C(O)c1ccc2c(c1)OCCO2. The van der Waals surface area contributed by atoms with Crippen LogP contribution in [0.15, 0.2) is 23.2 Å². The van der Waals surface area contributed by atoms with Crippen LogP contribution >= 0.6 is 0 Å². The molecule has 0 amide bonds. The zero-order valence-electron chi connectivity index (χ0n) is 15.9. The van der Waals surface area contributed by atoms with Gasteiger partial charge in [-0.05, 0) is 50.0 Å². The monoisotopic (exact) mass is 361 g/mol. The van der Waals surface area contributed by atoms with Crippen LogP contribution in [0.5, 0.6) is 11.5 Å². The first-order valence-electron chi connectivity index (χ1n) is 9.71. The smallest absolute Gasteiger partial charge is 0.161 e. The quantitative estimate of drug-likeness (QED) is 0.576. The van der Waals surface area contributed by atoms with E-state index in [1.807, 2.05) is 18.2 Å². The Morgan fingerprint density at radius 2 is 1.92 bits per heavy atom. The largest absolute Gasteiger partial charge is 0.486 e. The summed E-state index contributed by atoms with van der Waals surface area (Å²) >= 11 is 0. The number of nitrogens with zero attached hydrogens (tertiary/aromatic N) is 2. The van der Waals surface area contributed by atoms with E-state index < -0.39 is 6.10 Å². The van der Waals surface area contributed by atoms with Gasteiger partial charge in [-0.1, -0.05) is 19.9 Å². The van der Waals surface area contributed by atoms with Crippen LogP contribution in [0.25, 0.3) is 0 Å². The van der Waals surface area contributed by atoms with Crippen LogP contribution in [-0.4, -0.2) is 54.7 Å². The lowest BCUT2D eigenvalue weighted by Gasteiger charge is -2.27. The Hall–Kier alpha value is -1.79. The van der Waals surface area contributed by atoms with Gasteiger partial charge in [0.05, 0.1) is 11.9 Å². The van der Waals surface area contributed by atoms with E-state index in [9.17, 15) is 5.11 Å². The number of hydrogen-bond acceptors (Lipinski definition) is 5. The number of aliphatic hydroxyl groups excluding tert-OH is 1. The molecule has 3 atom stereocenters. The highest BCUT2D eigenvalue weighted by atomic mass is 16.6. The van der Waals surface area contributed by atoms with Gasteiger partial charge in [-0.15, -0.1) is 0 Å². The third-order valence-corrected chi connectivity index (χ3v) is 5.35. The van der Waals surface area contributed by atoms with E-state index in [1.165, 1.54) is 12.8 Å². The fourth-order valence-corrected chi connectivity index (χ4v) is 3.43. The number of likely N-dealkylation sites (tertiary alicyclic amines) is 1. The van der Waals surface area contributed by atoms with E-state index >= 15 is 0 Å². The van der Waals surface area contributed by atoms with Crippen molar-refractivity contribution in [1.82, 2.24) is 4.90 Å². The van der Waals surface area contributed by atoms with Gasteiger partial charge >= 0.3 is 0 Å². The van der Waals surface area contributed by atoms with Crippen molar-refractivity contribution in [3.05, 3.63) is 23.8 Å². The average molecular weight is 361 g/mol. The van der Waals surface area contributed by atoms with E-state index in [0.717, 1.165) is 30.8 Å². The van der Waals surface area contributed by atoms with Crippen molar-refractivity contribution in [1.29, 1.82) is 0 Å². The minimum absolute atomic E-state index is 0.212. The number of hydrogen-bond donors (Lipinski definition) is 2. The highest BCUT2D eigenvalue weighted by Gasteiger charge is 2.27. The maximum absolute atomic E-state index is 11.1. The van der Waals surface area contributed by atoms with Crippen molar-refractivity contribution in [2.75, 3.05) is 32.8 Å². The van der Waals surface area contributed by atoms with Crippen molar-refractivity contribution in [2.45, 2.75) is 45.3 Å². The summed E-state index contributed by atoms with van der Waals surface area (Å²) in [5, 5.41) is 11.1. The van der Waals surface area contributed by atoms with Crippen molar-refractivity contribution in [3.8, 4) is 11.5 Å². The molecule has 0 spiro atoms. The third kappa shape index (κ3) is 4.48. The van der Waals surface area contributed by atoms with Crippen LogP contribution in [0.3, 0.4) is 0 Å². The Balaban J connectivity index is 1.82. The van der Waals surface area contributed by atoms with Gasteiger partial charge in [0.25, 0.3) is 0 Å². The molecule has 0 aliphatic carbocycles. The Kier molecular flexibility index (Phi) is 6.38. The Morgan fingerprint density at radius 1 is 1.23 bits per heavy atom. The Bertz CT molecular complexity index is 629. The van der Waals surface area contributed by atoms with Gasteiger partial charge in [0.2, 0.25) is 0 Å². The van der Waals surface area contributed by atoms with Crippen LogP contribution in [0.1, 0.15) is 44.8 Å². The lowest BCUT2D eigenvalue weighted by Crippen LogP contribution is -2.35. The van der Waals surface area contributed by atoms with Crippen molar-refractivity contribution < 1.29 is 14.6 Å². The second kappa shape index (κ2) is 8.73. The van der Waals surface area contributed by atoms with E-state index in [0.29, 0.717) is 31.3 Å². The second-order valence-electron chi connectivity index (χ2n) is 7.29. The molecular weight excluding hydrogens is 330 g/mol.